The standard InChI is InChI=1S/C27H27BrN2O4S2/c1-6-33-21-12-7-17(13-20(21)28)14-22-25(31)30-24(18-8-10-19(35-5)11-9-18)23(26(32)34-15(2)3)16(4)29-27(30)36-22/h7-15,24H,6H2,1-5H3/b22-14-/t24-/m1/s1. The summed E-state index contributed by atoms with van der Waals surface area (Å²) in [5.74, 6) is 0.281. The Morgan fingerprint density at radius 3 is 2.58 bits per heavy atom. The zero-order valence-electron chi connectivity index (χ0n) is 20.7. The van der Waals surface area contributed by atoms with Crippen molar-refractivity contribution in [3.63, 3.8) is 0 Å². The Kier molecular flexibility index (Phi) is 8.22. The number of allylic oxidation sites excluding steroid dienone is 1. The predicted octanol–water partition coefficient (Wildman–Crippen LogP) is 5.07. The number of carbonyl (C=O) groups is 1. The van der Waals surface area contributed by atoms with Crippen molar-refractivity contribution in [3.8, 4) is 5.75 Å². The summed E-state index contributed by atoms with van der Waals surface area (Å²) >= 11 is 6.48. The third-order valence-electron chi connectivity index (χ3n) is 5.57. The molecule has 9 heteroatoms. The van der Waals surface area contributed by atoms with E-state index >= 15 is 0 Å². The highest BCUT2D eigenvalue weighted by Gasteiger charge is 2.33. The summed E-state index contributed by atoms with van der Waals surface area (Å²) in [6.07, 6.45) is 3.55. The molecular weight excluding hydrogens is 560 g/mol. The number of hydrogen-bond acceptors (Lipinski definition) is 7. The first-order valence-corrected chi connectivity index (χ1v) is 14.4. The topological polar surface area (TPSA) is 69.9 Å². The van der Waals surface area contributed by atoms with Crippen LogP contribution in [0.5, 0.6) is 5.75 Å². The number of benzene rings is 2. The number of thiazole rings is 1. The number of halogens is 1. The first kappa shape index (κ1) is 26.4. The summed E-state index contributed by atoms with van der Waals surface area (Å²) in [6.45, 7) is 7.90. The van der Waals surface area contributed by atoms with E-state index in [1.54, 1.807) is 37.1 Å². The number of aromatic nitrogens is 1. The van der Waals surface area contributed by atoms with E-state index in [4.69, 9.17) is 9.47 Å². The maximum absolute atomic E-state index is 13.7. The molecule has 1 aliphatic heterocycles. The van der Waals surface area contributed by atoms with Gasteiger partial charge in [-0.3, -0.25) is 9.36 Å². The normalized spacial score (nSPS) is 15.6. The van der Waals surface area contributed by atoms with Crippen molar-refractivity contribution in [1.82, 2.24) is 4.57 Å². The quantitative estimate of drug-likeness (QED) is 0.285. The lowest BCUT2D eigenvalue weighted by molar-refractivity contribution is -0.143. The average molecular weight is 588 g/mol. The number of fused-ring (bicyclic) bond motifs is 1. The number of nitrogens with zero attached hydrogens (tertiary/aromatic N) is 2. The molecule has 188 valence electrons. The SMILES string of the molecule is CCOc1ccc(/C=c2\sc3n(c2=O)[C@H](c2ccc(SC)cc2)C(C(=O)OC(C)C)=C(C)N=3)cc1Br. The van der Waals surface area contributed by atoms with Crippen molar-refractivity contribution in [1.29, 1.82) is 0 Å². The molecule has 2 aromatic carbocycles. The largest absolute Gasteiger partial charge is 0.493 e. The van der Waals surface area contributed by atoms with Gasteiger partial charge in [-0.05, 0) is 91.3 Å². The number of esters is 1. The van der Waals surface area contributed by atoms with Crippen LogP contribution in [-0.4, -0.2) is 29.5 Å². The van der Waals surface area contributed by atoms with Gasteiger partial charge in [-0.2, -0.15) is 0 Å². The van der Waals surface area contributed by atoms with Crippen LogP contribution < -0.4 is 19.6 Å². The van der Waals surface area contributed by atoms with Crippen LogP contribution in [0.2, 0.25) is 0 Å². The number of thioether (sulfide) groups is 1. The molecule has 36 heavy (non-hydrogen) atoms. The monoisotopic (exact) mass is 586 g/mol. The summed E-state index contributed by atoms with van der Waals surface area (Å²) in [5, 5.41) is 0. The fourth-order valence-electron chi connectivity index (χ4n) is 3.99. The molecule has 0 spiro atoms. The van der Waals surface area contributed by atoms with Gasteiger partial charge in [0.25, 0.3) is 5.56 Å². The van der Waals surface area contributed by atoms with Gasteiger partial charge in [0.1, 0.15) is 5.75 Å². The molecule has 0 N–H and O–H groups in total. The van der Waals surface area contributed by atoms with Crippen LogP contribution in [0.1, 0.15) is 44.9 Å². The molecule has 0 fully saturated rings. The van der Waals surface area contributed by atoms with Crippen molar-refractivity contribution in [2.24, 2.45) is 4.99 Å². The molecule has 0 radical (unpaired) electrons. The molecular formula is C27H27BrN2O4S2. The van der Waals surface area contributed by atoms with Crippen LogP contribution in [0.4, 0.5) is 0 Å². The average Bonchev–Trinajstić information content (AvgIpc) is 3.14. The first-order chi connectivity index (χ1) is 17.2. The van der Waals surface area contributed by atoms with Gasteiger partial charge in [-0.15, -0.1) is 11.8 Å². The number of ether oxygens (including phenoxy) is 2. The number of rotatable bonds is 7. The fourth-order valence-corrected chi connectivity index (χ4v) is 5.96. The van der Waals surface area contributed by atoms with E-state index in [1.807, 2.05) is 61.7 Å². The highest BCUT2D eigenvalue weighted by Crippen LogP contribution is 2.32. The Balaban J connectivity index is 1.89. The predicted molar refractivity (Wildman–Crippen MR) is 149 cm³/mol. The van der Waals surface area contributed by atoms with E-state index in [1.165, 1.54) is 11.3 Å². The van der Waals surface area contributed by atoms with Crippen molar-refractivity contribution in [3.05, 3.63) is 89.0 Å². The Labute approximate surface area is 226 Å². The molecule has 1 aliphatic rings. The summed E-state index contributed by atoms with van der Waals surface area (Å²) in [7, 11) is 0. The van der Waals surface area contributed by atoms with E-state index < -0.39 is 12.0 Å². The highest BCUT2D eigenvalue weighted by atomic mass is 79.9. The van der Waals surface area contributed by atoms with Gasteiger partial charge in [-0.1, -0.05) is 29.5 Å². The smallest absolute Gasteiger partial charge is 0.338 e. The van der Waals surface area contributed by atoms with Crippen LogP contribution in [0.25, 0.3) is 6.08 Å². The second kappa shape index (κ2) is 11.2. The molecule has 0 aliphatic carbocycles. The van der Waals surface area contributed by atoms with Gasteiger partial charge in [-0.25, -0.2) is 9.79 Å². The number of hydrogen-bond donors (Lipinski definition) is 0. The van der Waals surface area contributed by atoms with E-state index in [2.05, 4.69) is 20.9 Å². The second-order valence-electron chi connectivity index (χ2n) is 8.43. The summed E-state index contributed by atoms with van der Waals surface area (Å²) in [6, 6.07) is 13.0. The van der Waals surface area contributed by atoms with E-state index in [-0.39, 0.29) is 11.7 Å². The zero-order valence-corrected chi connectivity index (χ0v) is 23.9. The molecule has 0 saturated carbocycles. The molecule has 0 unspecified atom stereocenters. The van der Waals surface area contributed by atoms with Gasteiger partial charge < -0.3 is 9.47 Å². The van der Waals surface area contributed by atoms with Crippen molar-refractivity contribution >= 4 is 51.1 Å². The minimum atomic E-state index is -0.627. The van der Waals surface area contributed by atoms with Crippen LogP contribution in [0.3, 0.4) is 0 Å². The van der Waals surface area contributed by atoms with Crippen molar-refractivity contribution in [2.45, 2.75) is 44.7 Å². The lowest BCUT2D eigenvalue weighted by atomic mass is 9.96. The lowest BCUT2D eigenvalue weighted by Gasteiger charge is -2.25. The van der Waals surface area contributed by atoms with Crippen LogP contribution in [0.15, 0.2) is 72.9 Å². The third-order valence-corrected chi connectivity index (χ3v) is 7.92. The van der Waals surface area contributed by atoms with Crippen LogP contribution >= 0.6 is 39.0 Å². The van der Waals surface area contributed by atoms with Crippen LogP contribution in [-0.2, 0) is 9.53 Å². The molecule has 0 amide bonds. The third kappa shape index (κ3) is 5.38. The second-order valence-corrected chi connectivity index (χ2v) is 11.2. The maximum Gasteiger partial charge on any atom is 0.338 e. The van der Waals surface area contributed by atoms with E-state index in [0.717, 1.165) is 26.2 Å². The minimum Gasteiger partial charge on any atom is -0.493 e. The molecule has 6 nitrogen and oxygen atoms in total. The Morgan fingerprint density at radius 2 is 1.97 bits per heavy atom. The molecule has 0 saturated heterocycles. The van der Waals surface area contributed by atoms with Gasteiger partial charge in [0.15, 0.2) is 4.80 Å². The van der Waals surface area contributed by atoms with Gasteiger partial charge in [0.2, 0.25) is 0 Å². The van der Waals surface area contributed by atoms with Gasteiger partial charge in [0.05, 0.1) is 39.0 Å². The van der Waals surface area contributed by atoms with Gasteiger partial charge >= 0.3 is 5.97 Å². The van der Waals surface area contributed by atoms with E-state index in [0.29, 0.717) is 27.2 Å². The Bertz CT molecular complexity index is 1500. The number of carbonyl (C=O) groups excluding carboxylic acids is 1. The summed E-state index contributed by atoms with van der Waals surface area (Å²) in [4.78, 5) is 33.2. The molecule has 0 bridgehead atoms. The lowest BCUT2D eigenvalue weighted by Crippen LogP contribution is -2.40. The maximum atomic E-state index is 13.7. The Morgan fingerprint density at radius 1 is 1.25 bits per heavy atom. The summed E-state index contributed by atoms with van der Waals surface area (Å²) < 4.78 is 14.1. The Hall–Kier alpha value is -2.62. The van der Waals surface area contributed by atoms with Crippen molar-refractivity contribution in [2.75, 3.05) is 12.9 Å². The van der Waals surface area contributed by atoms with Crippen molar-refractivity contribution < 1.29 is 14.3 Å². The van der Waals surface area contributed by atoms with Crippen LogP contribution in [0, 0.1) is 0 Å². The zero-order chi connectivity index (χ0) is 26.0. The molecule has 3 aromatic rings. The van der Waals surface area contributed by atoms with Gasteiger partial charge in [0, 0.05) is 4.90 Å². The first-order valence-electron chi connectivity index (χ1n) is 11.5. The molecule has 1 aromatic heterocycles. The summed E-state index contributed by atoms with van der Waals surface area (Å²) in [5.41, 5.74) is 2.41. The van der Waals surface area contributed by atoms with E-state index in [9.17, 15) is 9.59 Å². The molecule has 2 heterocycles. The highest BCUT2D eigenvalue weighted by molar-refractivity contribution is 9.10. The minimum absolute atomic E-state index is 0.204. The molecule has 4 rings (SSSR count). The molecule has 1 atom stereocenters. The fraction of sp³-hybridized carbons (Fsp3) is 0.296.